The second kappa shape index (κ2) is 12.2. The number of carbonyl (C=O) groups excluding carboxylic acids is 3. The molecule has 1 saturated heterocycles. The zero-order valence-corrected chi connectivity index (χ0v) is 27.7. The summed E-state index contributed by atoms with van der Waals surface area (Å²) in [4.78, 5) is 49.9. The lowest BCUT2D eigenvalue weighted by molar-refractivity contribution is -0.894. The number of hydrogen-bond acceptors (Lipinski definition) is 8. The molecule has 2 saturated carbocycles. The zero-order valence-electron chi connectivity index (χ0n) is 26.9. The molecule has 1 aromatic carbocycles. The number of likely N-dealkylation sites (tertiary alicyclic amines) is 1. The maximum absolute atomic E-state index is 13.9. The first kappa shape index (κ1) is 33.7. The number of rotatable bonds is 8. The number of fused-ring (bicyclic) bond motifs is 1. The highest BCUT2D eigenvalue weighted by Crippen LogP contribution is 2.55. The number of alkyl halides is 3. The first-order valence-electron chi connectivity index (χ1n) is 16.0. The second-order valence-corrected chi connectivity index (χ2v) is 14.2. The molecule has 2 amide bonds. The van der Waals surface area contributed by atoms with E-state index in [9.17, 15) is 32.7 Å². The first-order valence-corrected chi connectivity index (χ1v) is 16.4. The Morgan fingerprint density at radius 3 is 2.42 bits per heavy atom. The molecule has 2 aliphatic carbocycles. The number of amides is 2. The number of aromatic nitrogens is 5. The van der Waals surface area contributed by atoms with E-state index < -0.39 is 23.9 Å². The molecule has 0 bridgehead atoms. The van der Waals surface area contributed by atoms with Crippen molar-refractivity contribution in [2.75, 3.05) is 31.7 Å². The lowest BCUT2D eigenvalue weighted by atomic mass is 9.91. The number of imidazole rings is 1. The van der Waals surface area contributed by atoms with Crippen LogP contribution in [0.4, 0.5) is 24.5 Å². The van der Waals surface area contributed by atoms with Gasteiger partial charge in [-0.3, -0.25) is 14.4 Å². The number of aliphatic hydroxyl groups is 1. The molecular formula is C33H34ClF3N9O4+. The predicted octanol–water partition coefficient (Wildman–Crippen LogP) is 3.70. The van der Waals surface area contributed by atoms with Gasteiger partial charge in [-0.25, -0.2) is 14.6 Å². The van der Waals surface area contributed by atoms with Crippen LogP contribution in [-0.2, 0) is 11.0 Å². The lowest BCUT2D eigenvalue weighted by Crippen LogP contribution is -2.50. The van der Waals surface area contributed by atoms with E-state index in [1.54, 1.807) is 0 Å². The van der Waals surface area contributed by atoms with E-state index >= 15 is 0 Å². The third-order valence-electron chi connectivity index (χ3n) is 10.0. The van der Waals surface area contributed by atoms with Crippen LogP contribution in [0, 0.1) is 17.8 Å². The van der Waals surface area contributed by atoms with Gasteiger partial charge in [-0.05, 0) is 55.0 Å². The summed E-state index contributed by atoms with van der Waals surface area (Å²) >= 11 is 6.43. The summed E-state index contributed by atoms with van der Waals surface area (Å²) in [6.07, 6.45) is 0.0968. The van der Waals surface area contributed by atoms with Crippen LogP contribution in [0.15, 0.2) is 48.9 Å². The van der Waals surface area contributed by atoms with Crippen molar-refractivity contribution in [1.29, 1.82) is 0 Å². The Labute approximate surface area is 288 Å². The third kappa shape index (κ3) is 6.33. The Bertz CT molecular complexity index is 1980. The number of carbonyl (C=O) groups is 3. The summed E-state index contributed by atoms with van der Waals surface area (Å²) in [6, 6.07) is 6.96. The topological polar surface area (TPSA) is 181 Å². The minimum atomic E-state index is -4.82. The van der Waals surface area contributed by atoms with Gasteiger partial charge < -0.3 is 30.9 Å². The molecule has 1 aliphatic heterocycles. The van der Waals surface area contributed by atoms with E-state index in [2.05, 4.69) is 30.7 Å². The largest absolute Gasteiger partial charge is 0.435 e. The Hall–Kier alpha value is -4.80. The van der Waals surface area contributed by atoms with Crippen LogP contribution in [-0.4, -0.2) is 90.7 Å². The van der Waals surface area contributed by atoms with E-state index in [1.807, 2.05) is 14.1 Å². The van der Waals surface area contributed by atoms with Crippen LogP contribution in [0.2, 0.25) is 5.02 Å². The summed E-state index contributed by atoms with van der Waals surface area (Å²) in [5.41, 5.74) is 4.73. The molecule has 4 heterocycles. The number of nitrogens with one attached hydrogen (secondary N) is 3. The van der Waals surface area contributed by atoms with Crippen molar-refractivity contribution in [3.05, 3.63) is 71.0 Å². The van der Waals surface area contributed by atoms with Gasteiger partial charge in [0.1, 0.15) is 12.6 Å². The fourth-order valence-electron chi connectivity index (χ4n) is 7.51. The summed E-state index contributed by atoms with van der Waals surface area (Å²) in [7, 11) is 3.95. The Balaban J connectivity index is 0.969. The summed E-state index contributed by atoms with van der Waals surface area (Å²) < 4.78 is 43.1. The number of halogens is 4. The Kier molecular flexibility index (Phi) is 8.22. The van der Waals surface area contributed by atoms with Crippen molar-refractivity contribution in [1.82, 2.24) is 30.0 Å². The number of Topliss-reactive ketones (excluding diaryl/α,β-unsaturated/α-hetero) is 1. The number of hydrogen-bond donors (Lipinski definition) is 5. The smallest absolute Gasteiger partial charge is 0.397 e. The highest BCUT2D eigenvalue weighted by Gasteiger charge is 2.60. The van der Waals surface area contributed by atoms with Crippen molar-refractivity contribution in [3.8, 4) is 17.1 Å². The molecule has 4 aromatic rings. The number of ketones is 1. The SMILES string of the molecule is C[N+]1(C)C[C@H](O)C[C@H]1C(=O)C1C[C@@H]2[C@H](C1)[C@H]2NC(=O)c1ccc(NC(=O)c2ncc(-c3cn(-c4ccc(N)cn4)nc3C(F)(F)F)[nH]2)cc1Cl. The summed E-state index contributed by atoms with van der Waals surface area (Å²) in [5, 5.41) is 19.4. The van der Waals surface area contributed by atoms with E-state index in [0.717, 1.165) is 17.1 Å². The monoisotopic (exact) mass is 712 g/mol. The molecule has 0 spiro atoms. The first-order chi connectivity index (χ1) is 23.6. The fraction of sp³-hybridized carbons (Fsp3) is 0.394. The fourth-order valence-corrected chi connectivity index (χ4v) is 7.78. The van der Waals surface area contributed by atoms with Crippen LogP contribution in [0.1, 0.15) is 45.9 Å². The number of pyridine rings is 1. The van der Waals surface area contributed by atoms with Crippen LogP contribution in [0.5, 0.6) is 0 Å². The van der Waals surface area contributed by atoms with Gasteiger partial charge in [-0.15, -0.1) is 0 Å². The number of H-pyrrole nitrogens is 1. The van der Waals surface area contributed by atoms with Gasteiger partial charge in [0.2, 0.25) is 0 Å². The number of quaternary nitrogens is 1. The Morgan fingerprint density at radius 2 is 1.80 bits per heavy atom. The average molecular weight is 713 g/mol. The molecule has 3 fully saturated rings. The number of nitrogens with zero attached hydrogens (tertiary/aromatic N) is 5. The molecular weight excluding hydrogens is 679 g/mol. The van der Waals surface area contributed by atoms with E-state index in [0.29, 0.717) is 36.0 Å². The van der Waals surface area contributed by atoms with Crippen LogP contribution < -0.4 is 16.4 Å². The molecule has 50 heavy (non-hydrogen) atoms. The van der Waals surface area contributed by atoms with Crippen LogP contribution >= 0.6 is 11.6 Å². The second-order valence-electron chi connectivity index (χ2n) is 13.8. The van der Waals surface area contributed by atoms with Crippen molar-refractivity contribution >= 4 is 40.6 Å². The normalized spacial score (nSPS) is 25.3. The van der Waals surface area contributed by atoms with Crippen molar-refractivity contribution in [3.63, 3.8) is 0 Å². The van der Waals surface area contributed by atoms with Gasteiger partial charge in [-0.1, -0.05) is 11.6 Å². The van der Waals surface area contributed by atoms with Crippen LogP contribution in [0.25, 0.3) is 17.1 Å². The molecule has 1 unspecified atom stereocenters. The molecule has 6 atom stereocenters. The maximum atomic E-state index is 13.9. The number of likely N-dealkylation sites (N-methyl/N-ethyl adjacent to an activating group) is 1. The van der Waals surface area contributed by atoms with Crippen molar-refractivity contribution in [2.45, 2.75) is 43.6 Å². The van der Waals surface area contributed by atoms with E-state index in [1.165, 1.54) is 36.5 Å². The molecule has 13 nitrogen and oxygen atoms in total. The summed E-state index contributed by atoms with van der Waals surface area (Å²) in [5.74, 6) is -0.750. The van der Waals surface area contributed by atoms with Crippen LogP contribution in [0.3, 0.4) is 0 Å². The van der Waals surface area contributed by atoms with Gasteiger partial charge in [0.05, 0.1) is 54.0 Å². The van der Waals surface area contributed by atoms with E-state index in [-0.39, 0.29) is 80.7 Å². The van der Waals surface area contributed by atoms with Gasteiger partial charge in [0.25, 0.3) is 11.8 Å². The maximum Gasteiger partial charge on any atom is 0.435 e. The molecule has 3 aromatic heterocycles. The molecule has 17 heteroatoms. The third-order valence-corrected chi connectivity index (χ3v) is 10.3. The van der Waals surface area contributed by atoms with Crippen molar-refractivity contribution < 1.29 is 37.1 Å². The number of anilines is 2. The van der Waals surface area contributed by atoms with Gasteiger partial charge in [0.15, 0.2) is 29.2 Å². The highest BCUT2D eigenvalue weighted by atomic mass is 35.5. The number of nitrogen functional groups attached to an aromatic ring is 1. The van der Waals surface area contributed by atoms with Crippen molar-refractivity contribution in [2.24, 2.45) is 17.8 Å². The molecule has 0 radical (unpaired) electrons. The van der Waals surface area contributed by atoms with E-state index in [4.69, 9.17) is 17.3 Å². The predicted molar refractivity (Wildman–Crippen MR) is 175 cm³/mol. The molecule has 262 valence electrons. The number of aromatic amines is 1. The minimum absolute atomic E-state index is 0.0560. The van der Waals surface area contributed by atoms with Gasteiger partial charge in [-0.2, -0.15) is 18.3 Å². The molecule has 6 N–H and O–H groups in total. The molecule has 7 rings (SSSR count). The minimum Gasteiger partial charge on any atom is -0.397 e. The number of benzene rings is 1. The zero-order chi connectivity index (χ0) is 35.7. The number of aliphatic hydroxyl groups excluding tert-OH is 1. The standard InChI is InChI=1S/C33H33ClF3N9O4/c1-46(2)14-18(47)10-25(46)28(48)15-7-20-21(8-15)27(20)43-31(49)19-5-4-17(9-23(19)34)41-32(50)30-40-12-24(42-30)22-13-45(44-29(22)33(35,36)37)26-6-3-16(38)11-39-26/h3-6,9,11-13,15,18,20-21,25,27,47H,7-8,10,14,38H2,1-2H3,(H2-,40,41,42,43,49,50)/p+1/t15?,18-,20-,21+,25+,27+/m1/s1. The quantitative estimate of drug-likeness (QED) is 0.172. The summed E-state index contributed by atoms with van der Waals surface area (Å²) in [6.45, 7) is 0.561. The average Bonchev–Trinajstić information content (AvgIpc) is 3.62. The molecule has 3 aliphatic rings. The van der Waals surface area contributed by atoms with Gasteiger partial charge in [0, 0.05) is 30.3 Å². The van der Waals surface area contributed by atoms with Gasteiger partial charge >= 0.3 is 6.18 Å². The Morgan fingerprint density at radius 1 is 1.06 bits per heavy atom. The number of nitrogens with two attached hydrogens (primary N) is 1. The lowest BCUT2D eigenvalue weighted by Gasteiger charge is -2.32. The highest BCUT2D eigenvalue weighted by molar-refractivity contribution is 6.34.